The lowest BCUT2D eigenvalue weighted by Crippen LogP contribution is -2.25. The van der Waals surface area contributed by atoms with Crippen LogP contribution in [-0.4, -0.2) is 21.1 Å². The van der Waals surface area contributed by atoms with Crippen LogP contribution in [0.4, 0.5) is 5.69 Å². The quantitative estimate of drug-likeness (QED) is 0.672. The number of anilines is 1. The number of nitrogens with zero attached hydrogens (tertiary/aromatic N) is 3. The number of amides is 1. The number of hydrogen-bond acceptors (Lipinski definition) is 5. The Morgan fingerprint density at radius 1 is 1.30 bits per heavy atom. The van der Waals surface area contributed by atoms with E-state index in [9.17, 15) is 4.79 Å². The van der Waals surface area contributed by atoms with Gasteiger partial charge < -0.3 is 5.32 Å². The van der Waals surface area contributed by atoms with E-state index in [-0.39, 0.29) is 11.2 Å². The minimum atomic E-state index is -0.317. The van der Waals surface area contributed by atoms with E-state index in [4.69, 9.17) is 5.26 Å². The Hall–Kier alpha value is -2.39. The maximum atomic E-state index is 12.5. The molecular weight excluding hydrogens is 308 g/mol. The molecule has 0 fully saturated rings. The number of hydrogen-bond donors (Lipinski definition) is 1. The van der Waals surface area contributed by atoms with E-state index in [2.05, 4.69) is 21.4 Å². The molecule has 6 heteroatoms. The summed E-state index contributed by atoms with van der Waals surface area (Å²) in [6, 6.07) is 10.9. The monoisotopic (exact) mass is 326 g/mol. The summed E-state index contributed by atoms with van der Waals surface area (Å²) in [5, 5.41) is 12.2. The van der Waals surface area contributed by atoms with Crippen LogP contribution in [0.5, 0.6) is 0 Å². The van der Waals surface area contributed by atoms with Gasteiger partial charge in [-0.3, -0.25) is 4.79 Å². The van der Waals surface area contributed by atoms with Crippen molar-refractivity contribution in [3.63, 3.8) is 0 Å². The zero-order chi connectivity index (χ0) is 16.8. The summed E-state index contributed by atoms with van der Waals surface area (Å²) in [6.07, 6.45) is 0.640. The van der Waals surface area contributed by atoms with Crippen LogP contribution in [0.1, 0.15) is 30.3 Å². The predicted molar refractivity (Wildman–Crippen MR) is 91.2 cm³/mol. The maximum Gasteiger partial charge on any atom is 0.238 e. The summed E-state index contributed by atoms with van der Waals surface area (Å²) < 4.78 is 0. The van der Waals surface area contributed by atoms with Gasteiger partial charge in [0.25, 0.3) is 0 Å². The summed E-state index contributed by atoms with van der Waals surface area (Å²) in [4.78, 5) is 21.2. The molecule has 0 saturated carbocycles. The molecule has 1 amide bonds. The van der Waals surface area contributed by atoms with Crippen LogP contribution < -0.4 is 5.32 Å². The Balaban J connectivity index is 2.14. The highest BCUT2D eigenvalue weighted by atomic mass is 32.2. The van der Waals surface area contributed by atoms with Crippen molar-refractivity contribution < 1.29 is 4.79 Å². The van der Waals surface area contributed by atoms with Crippen LogP contribution in [0.2, 0.25) is 0 Å². The van der Waals surface area contributed by atoms with Crippen LogP contribution in [0.15, 0.2) is 35.5 Å². The maximum absolute atomic E-state index is 12.5. The lowest BCUT2D eigenvalue weighted by atomic mass is 10.2. The fourth-order valence-electron chi connectivity index (χ4n) is 2.10. The zero-order valence-corrected chi connectivity index (χ0v) is 14.1. The fraction of sp³-hybridized carbons (Fsp3) is 0.294. The van der Waals surface area contributed by atoms with Gasteiger partial charge in [0.2, 0.25) is 5.91 Å². The Morgan fingerprint density at radius 2 is 1.96 bits per heavy atom. The lowest BCUT2D eigenvalue weighted by molar-refractivity contribution is -0.115. The molecule has 2 rings (SSSR count). The lowest BCUT2D eigenvalue weighted by Gasteiger charge is -2.15. The third-order valence-electron chi connectivity index (χ3n) is 3.18. The fourth-order valence-corrected chi connectivity index (χ4v) is 3.08. The van der Waals surface area contributed by atoms with Crippen molar-refractivity contribution in [3.05, 3.63) is 47.3 Å². The minimum Gasteiger partial charge on any atom is -0.324 e. The first-order valence-corrected chi connectivity index (χ1v) is 8.20. The number of thioether (sulfide) groups is 1. The van der Waals surface area contributed by atoms with E-state index < -0.39 is 0 Å². The number of para-hydroxylation sites is 1. The molecule has 23 heavy (non-hydrogen) atoms. The second-order valence-corrected chi connectivity index (χ2v) is 6.26. The smallest absolute Gasteiger partial charge is 0.238 e. The number of carbonyl (C=O) groups excluding carboxylic acids is 1. The highest BCUT2D eigenvalue weighted by Gasteiger charge is 2.20. The first kappa shape index (κ1) is 17.0. The molecule has 1 atom stereocenters. The van der Waals surface area contributed by atoms with Crippen LogP contribution in [-0.2, 0) is 4.79 Å². The van der Waals surface area contributed by atoms with Crippen molar-refractivity contribution in [2.45, 2.75) is 37.6 Å². The first-order valence-electron chi connectivity index (χ1n) is 7.32. The average molecular weight is 326 g/mol. The molecular formula is C17H18N4OS. The molecule has 0 spiro atoms. The van der Waals surface area contributed by atoms with E-state index in [0.717, 1.165) is 11.4 Å². The van der Waals surface area contributed by atoms with Crippen molar-refractivity contribution in [2.75, 3.05) is 5.32 Å². The average Bonchev–Trinajstić information content (AvgIpc) is 2.52. The van der Waals surface area contributed by atoms with Gasteiger partial charge in [-0.25, -0.2) is 9.97 Å². The Morgan fingerprint density at radius 3 is 2.57 bits per heavy atom. The molecule has 1 N–H and O–H groups in total. The van der Waals surface area contributed by atoms with E-state index in [1.807, 2.05) is 26.8 Å². The van der Waals surface area contributed by atoms with Gasteiger partial charge in [-0.05, 0) is 38.5 Å². The summed E-state index contributed by atoms with van der Waals surface area (Å²) in [6.45, 7) is 5.75. The van der Waals surface area contributed by atoms with Gasteiger partial charge >= 0.3 is 0 Å². The largest absolute Gasteiger partial charge is 0.324 e. The topological polar surface area (TPSA) is 78.7 Å². The van der Waals surface area contributed by atoms with Crippen molar-refractivity contribution in [3.8, 4) is 6.07 Å². The van der Waals surface area contributed by atoms with Crippen LogP contribution >= 0.6 is 11.8 Å². The number of aromatic nitrogens is 2. The number of nitriles is 1. The molecule has 0 radical (unpaired) electrons. The van der Waals surface area contributed by atoms with E-state index >= 15 is 0 Å². The molecule has 0 aliphatic heterocycles. The highest BCUT2D eigenvalue weighted by Crippen LogP contribution is 2.24. The molecule has 0 aliphatic rings. The van der Waals surface area contributed by atoms with Gasteiger partial charge in [0, 0.05) is 11.4 Å². The van der Waals surface area contributed by atoms with Crippen molar-refractivity contribution in [2.24, 2.45) is 0 Å². The SMILES string of the molecule is CC[C@@H](Sc1nc(C)cc(C)n1)C(=O)Nc1ccccc1C#N. The molecule has 0 bridgehead atoms. The molecule has 0 aliphatic carbocycles. The van der Waals surface area contributed by atoms with Crippen LogP contribution in [0.3, 0.4) is 0 Å². The van der Waals surface area contributed by atoms with Crippen molar-refractivity contribution in [1.82, 2.24) is 9.97 Å². The van der Waals surface area contributed by atoms with E-state index in [1.165, 1.54) is 11.8 Å². The van der Waals surface area contributed by atoms with Crippen molar-refractivity contribution >= 4 is 23.4 Å². The summed E-state index contributed by atoms with van der Waals surface area (Å²) in [5.41, 5.74) is 2.74. The van der Waals surface area contributed by atoms with Crippen LogP contribution in [0, 0.1) is 25.2 Å². The van der Waals surface area contributed by atoms with Gasteiger partial charge in [-0.2, -0.15) is 5.26 Å². The van der Waals surface area contributed by atoms with Gasteiger partial charge in [-0.15, -0.1) is 0 Å². The highest BCUT2D eigenvalue weighted by molar-refractivity contribution is 8.00. The van der Waals surface area contributed by atoms with Crippen LogP contribution in [0.25, 0.3) is 0 Å². The molecule has 1 heterocycles. The predicted octanol–water partition coefficient (Wildman–Crippen LogP) is 3.47. The van der Waals surface area contributed by atoms with E-state index in [0.29, 0.717) is 22.8 Å². The molecule has 118 valence electrons. The number of aryl methyl sites for hydroxylation is 2. The summed E-state index contributed by atoms with van der Waals surface area (Å²) in [5.74, 6) is -0.150. The molecule has 5 nitrogen and oxygen atoms in total. The first-order chi connectivity index (χ1) is 11.0. The Labute approximate surface area is 140 Å². The standard InChI is InChI=1S/C17H18N4OS/c1-4-15(23-17-19-11(2)9-12(3)20-17)16(22)21-14-8-6-5-7-13(14)10-18/h5-9,15H,4H2,1-3H3,(H,21,22)/t15-/m1/s1. The van der Waals surface area contributed by atoms with Gasteiger partial charge in [0.15, 0.2) is 5.16 Å². The second kappa shape index (κ2) is 7.75. The minimum absolute atomic E-state index is 0.150. The third-order valence-corrected chi connectivity index (χ3v) is 4.40. The van der Waals surface area contributed by atoms with Gasteiger partial charge in [-0.1, -0.05) is 30.8 Å². The third kappa shape index (κ3) is 4.54. The van der Waals surface area contributed by atoms with E-state index in [1.54, 1.807) is 24.3 Å². The molecule has 2 aromatic rings. The summed E-state index contributed by atoms with van der Waals surface area (Å²) >= 11 is 1.34. The molecule has 0 saturated heterocycles. The normalized spacial score (nSPS) is 11.6. The van der Waals surface area contributed by atoms with Crippen molar-refractivity contribution in [1.29, 1.82) is 5.26 Å². The molecule has 1 aromatic heterocycles. The van der Waals surface area contributed by atoms with Gasteiger partial charge in [0.05, 0.1) is 16.5 Å². The second-order valence-electron chi connectivity index (χ2n) is 5.09. The number of carbonyl (C=O) groups is 1. The van der Waals surface area contributed by atoms with Gasteiger partial charge in [0.1, 0.15) is 6.07 Å². The summed E-state index contributed by atoms with van der Waals surface area (Å²) in [7, 11) is 0. The zero-order valence-electron chi connectivity index (χ0n) is 13.3. The molecule has 1 aromatic carbocycles. The number of benzene rings is 1. The Bertz CT molecular complexity index is 734. The number of nitrogens with one attached hydrogen (secondary N) is 1. The molecule has 0 unspecified atom stereocenters. The Kier molecular flexibility index (Phi) is 5.72. The number of rotatable bonds is 5.